The summed E-state index contributed by atoms with van der Waals surface area (Å²) in [4.78, 5) is 23.2. The molecule has 0 aromatic heterocycles. The predicted octanol–water partition coefficient (Wildman–Crippen LogP) is 2.68. The van der Waals surface area contributed by atoms with Crippen LogP contribution in [0.2, 0.25) is 0 Å². The van der Waals surface area contributed by atoms with Crippen molar-refractivity contribution >= 4 is 11.7 Å². The molecule has 2 aliphatic rings. The Bertz CT molecular complexity index is 491. The van der Waals surface area contributed by atoms with E-state index in [0.717, 1.165) is 19.3 Å². The first kappa shape index (κ1) is 13.8. The van der Waals surface area contributed by atoms with Crippen LogP contribution in [0, 0.1) is 5.92 Å². The fourth-order valence-corrected chi connectivity index (χ4v) is 2.50. The van der Waals surface area contributed by atoms with Crippen LogP contribution in [0.4, 0.5) is 0 Å². The van der Waals surface area contributed by atoms with E-state index in [4.69, 9.17) is 0 Å². The van der Waals surface area contributed by atoms with Crippen LogP contribution >= 0.6 is 0 Å². The molecule has 0 atom stereocenters. The summed E-state index contributed by atoms with van der Waals surface area (Å²) in [5.41, 5.74) is 7.21. The number of fused-ring (bicyclic) bond motifs is 1. The molecular weight excluding hydrogens is 238 g/mol. The zero-order valence-corrected chi connectivity index (χ0v) is 11.7. The molecule has 0 bridgehead atoms. The number of ketones is 1. The summed E-state index contributed by atoms with van der Waals surface area (Å²) in [6.45, 7) is 4.55. The van der Waals surface area contributed by atoms with Crippen molar-refractivity contribution in [1.29, 1.82) is 0 Å². The molecule has 2 aliphatic carbocycles. The summed E-state index contributed by atoms with van der Waals surface area (Å²) >= 11 is 0. The van der Waals surface area contributed by atoms with E-state index in [9.17, 15) is 9.59 Å². The van der Waals surface area contributed by atoms with Gasteiger partial charge in [-0.15, -0.1) is 5.73 Å². The summed E-state index contributed by atoms with van der Waals surface area (Å²) in [6.07, 6.45) is 5.61. The predicted molar refractivity (Wildman–Crippen MR) is 74.6 cm³/mol. The lowest BCUT2D eigenvalue weighted by Crippen LogP contribution is -2.29. The molecule has 1 saturated carbocycles. The number of carbonyl (C=O) groups excluding carboxylic acids is 2. The largest absolute Gasteiger partial charge is 0.352 e. The van der Waals surface area contributed by atoms with Gasteiger partial charge in [0.1, 0.15) is 5.78 Å². The molecule has 0 aliphatic heterocycles. The fraction of sp³-hybridized carbons (Fsp3) is 0.562. The first-order chi connectivity index (χ1) is 9.06. The van der Waals surface area contributed by atoms with E-state index < -0.39 is 0 Å². The molecule has 102 valence electrons. The number of rotatable bonds is 6. The van der Waals surface area contributed by atoms with Crippen molar-refractivity contribution in [3.63, 3.8) is 0 Å². The number of hydrogen-bond acceptors (Lipinski definition) is 2. The molecule has 1 amide bonds. The van der Waals surface area contributed by atoms with Crippen molar-refractivity contribution in [3.05, 3.63) is 28.5 Å². The van der Waals surface area contributed by atoms with Gasteiger partial charge >= 0.3 is 0 Å². The van der Waals surface area contributed by atoms with Gasteiger partial charge in [-0.3, -0.25) is 9.59 Å². The Morgan fingerprint density at radius 1 is 1.37 bits per heavy atom. The maximum absolute atomic E-state index is 11.7. The van der Waals surface area contributed by atoms with Crippen molar-refractivity contribution in [1.82, 2.24) is 5.32 Å². The number of carbonyl (C=O) groups is 2. The van der Waals surface area contributed by atoms with Gasteiger partial charge < -0.3 is 5.32 Å². The van der Waals surface area contributed by atoms with Crippen LogP contribution in [0.5, 0.6) is 0 Å². The number of hydrogen-bond donors (Lipinski definition) is 1. The second-order valence-corrected chi connectivity index (χ2v) is 5.70. The highest BCUT2D eigenvalue weighted by molar-refractivity contribution is 5.98. The van der Waals surface area contributed by atoms with E-state index in [0.29, 0.717) is 18.9 Å². The van der Waals surface area contributed by atoms with E-state index in [-0.39, 0.29) is 18.1 Å². The van der Waals surface area contributed by atoms with Gasteiger partial charge in [-0.25, -0.2) is 0 Å². The summed E-state index contributed by atoms with van der Waals surface area (Å²) in [5.74, 6) is 0.187. The average molecular weight is 259 g/mol. The molecular formula is C16H21NO2. The summed E-state index contributed by atoms with van der Waals surface area (Å²) < 4.78 is 0. The molecule has 0 saturated heterocycles. The minimum atomic E-state index is -0.154. The summed E-state index contributed by atoms with van der Waals surface area (Å²) in [7, 11) is 0. The van der Waals surface area contributed by atoms with Crippen LogP contribution in [0.3, 0.4) is 0 Å². The molecule has 1 N–H and O–H groups in total. The second-order valence-electron chi connectivity index (χ2n) is 5.70. The lowest BCUT2D eigenvalue weighted by molar-refractivity contribution is -0.128. The van der Waals surface area contributed by atoms with Gasteiger partial charge in [0.05, 0.1) is 6.42 Å². The molecule has 3 nitrogen and oxygen atoms in total. The fourth-order valence-electron chi connectivity index (χ4n) is 2.50. The SMILES string of the molecule is CC(C)CC(=O)CC(=O)NCC1=C2CCC2=C=CC1. The normalized spacial score (nSPS) is 16.9. The first-order valence-electron chi connectivity index (χ1n) is 7.00. The molecule has 0 radical (unpaired) electrons. The number of nitrogens with one attached hydrogen (secondary N) is 1. The molecule has 0 heterocycles. The van der Waals surface area contributed by atoms with Gasteiger partial charge in [0, 0.05) is 13.0 Å². The Morgan fingerprint density at radius 2 is 2.16 bits per heavy atom. The van der Waals surface area contributed by atoms with Crippen molar-refractivity contribution in [2.75, 3.05) is 6.54 Å². The molecule has 1 fully saturated rings. The topological polar surface area (TPSA) is 46.2 Å². The van der Waals surface area contributed by atoms with E-state index >= 15 is 0 Å². The number of amides is 1. The minimum absolute atomic E-state index is 0.0132. The average Bonchev–Trinajstić information content (AvgIpc) is 2.27. The first-order valence-corrected chi connectivity index (χ1v) is 7.00. The Morgan fingerprint density at radius 3 is 2.79 bits per heavy atom. The van der Waals surface area contributed by atoms with Crippen molar-refractivity contribution in [3.8, 4) is 0 Å². The second kappa shape index (κ2) is 6.03. The molecule has 0 aromatic rings. The van der Waals surface area contributed by atoms with Gasteiger partial charge in [0.2, 0.25) is 5.91 Å². The molecule has 0 spiro atoms. The van der Waals surface area contributed by atoms with Crippen LogP contribution in [-0.2, 0) is 9.59 Å². The number of Topliss-reactive ketones (excluding diaryl/α,β-unsaturated/α-hetero) is 1. The van der Waals surface area contributed by atoms with Crippen LogP contribution in [0.25, 0.3) is 0 Å². The van der Waals surface area contributed by atoms with Crippen molar-refractivity contribution < 1.29 is 9.59 Å². The quantitative estimate of drug-likeness (QED) is 0.589. The maximum atomic E-state index is 11.7. The summed E-state index contributed by atoms with van der Waals surface area (Å²) in [5, 5.41) is 2.86. The summed E-state index contributed by atoms with van der Waals surface area (Å²) in [6, 6.07) is 0. The van der Waals surface area contributed by atoms with Gasteiger partial charge in [-0.1, -0.05) is 13.8 Å². The minimum Gasteiger partial charge on any atom is -0.352 e. The third-order valence-corrected chi connectivity index (χ3v) is 3.53. The molecule has 2 rings (SSSR count). The third kappa shape index (κ3) is 3.68. The van der Waals surface area contributed by atoms with Crippen LogP contribution in [-0.4, -0.2) is 18.2 Å². The lowest BCUT2D eigenvalue weighted by atomic mass is 9.79. The van der Waals surface area contributed by atoms with Crippen LogP contribution in [0.15, 0.2) is 28.5 Å². The van der Waals surface area contributed by atoms with Gasteiger partial charge in [0.15, 0.2) is 0 Å². The highest BCUT2D eigenvalue weighted by atomic mass is 16.2. The molecule has 3 heteroatoms. The van der Waals surface area contributed by atoms with Crippen LogP contribution in [0.1, 0.15) is 46.0 Å². The van der Waals surface area contributed by atoms with E-state index in [1.165, 1.54) is 16.7 Å². The van der Waals surface area contributed by atoms with Crippen molar-refractivity contribution in [2.24, 2.45) is 5.92 Å². The van der Waals surface area contributed by atoms with Gasteiger partial charge in [-0.2, -0.15) is 0 Å². The maximum Gasteiger partial charge on any atom is 0.227 e. The van der Waals surface area contributed by atoms with Gasteiger partial charge in [-0.05, 0) is 48.0 Å². The standard InChI is InChI=1S/C16H21NO2/c1-11(2)8-14(18)9-16(19)17-10-13-5-3-4-12-6-7-15(12)13/h3,11H,5-10H2,1-2H3,(H,17,19). The Kier molecular flexibility index (Phi) is 4.39. The van der Waals surface area contributed by atoms with Gasteiger partial charge in [0.25, 0.3) is 0 Å². The molecule has 0 unspecified atom stereocenters. The highest BCUT2D eigenvalue weighted by Crippen LogP contribution is 2.37. The van der Waals surface area contributed by atoms with Crippen LogP contribution < -0.4 is 5.32 Å². The van der Waals surface area contributed by atoms with E-state index in [2.05, 4.69) is 11.0 Å². The smallest absolute Gasteiger partial charge is 0.227 e. The van der Waals surface area contributed by atoms with E-state index in [1.54, 1.807) is 0 Å². The Labute approximate surface area is 114 Å². The Balaban J connectivity index is 1.77. The highest BCUT2D eigenvalue weighted by Gasteiger charge is 2.22. The number of allylic oxidation sites excluding steroid dienone is 2. The van der Waals surface area contributed by atoms with E-state index in [1.807, 2.05) is 19.9 Å². The lowest BCUT2D eigenvalue weighted by Gasteiger charge is -2.26. The Hall–Kier alpha value is -1.60. The monoisotopic (exact) mass is 259 g/mol. The zero-order chi connectivity index (χ0) is 13.8. The third-order valence-electron chi connectivity index (χ3n) is 3.53. The molecule has 0 aromatic carbocycles. The molecule has 19 heavy (non-hydrogen) atoms. The zero-order valence-electron chi connectivity index (χ0n) is 11.7. The van der Waals surface area contributed by atoms with Crippen molar-refractivity contribution in [2.45, 2.75) is 46.0 Å².